The van der Waals surface area contributed by atoms with Gasteiger partial charge in [-0.25, -0.2) is 13.4 Å². The first-order valence-corrected chi connectivity index (χ1v) is 7.96. The maximum Gasteiger partial charge on any atom is 0.263 e. The van der Waals surface area contributed by atoms with Gasteiger partial charge in [0.25, 0.3) is 10.0 Å². The van der Waals surface area contributed by atoms with Gasteiger partial charge in [-0.05, 0) is 30.3 Å². The van der Waals surface area contributed by atoms with Crippen LogP contribution in [-0.2, 0) is 10.0 Å². The van der Waals surface area contributed by atoms with Crippen LogP contribution in [-0.4, -0.2) is 19.9 Å². The molecule has 0 aliphatic rings. The molecule has 0 bridgehead atoms. The molecule has 0 spiro atoms. The van der Waals surface area contributed by atoms with Gasteiger partial charge >= 0.3 is 0 Å². The zero-order valence-corrected chi connectivity index (χ0v) is 12.7. The standard InChI is InChI=1S/C14H14ClN3O2S/c1-2-8-16-12-6-7-14(17-10-12)18-21(19,20)13-5-3-4-11(15)9-13/h2-7,9-10,16H,1,8H2,(H,17,18). The maximum atomic E-state index is 12.2. The first-order valence-electron chi connectivity index (χ1n) is 6.10. The lowest BCUT2D eigenvalue weighted by molar-refractivity contribution is 0.601. The smallest absolute Gasteiger partial charge is 0.263 e. The van der Waals surface area contributed by atoms with Crippen molar-refractivity contribution in [3.63, 3.8) is 0 Å². The molecule has 1 aromatic heterocycles. The minimum Gasteiger partial charge on any atom is -0.380 e. The monoisotopic (exact) mass is 323 g/mol. The van der Waals surface area contributed by atoms with Gasteiger partial charge in [-0.15, -0.1) is 6.58 Å². The van der Waals surface area contributed by atoms with Crippen molar-refractivity contribution in [2.24, 2.45) is 0 Å². The Morgan fingerprint density at radius 3 is 2.71 bits per heavy atom. The van der Waals surface area contributed by atoms with Crippen molar-refractivity contribution in [2.45, 2.75) is 4.90 Å². The van der Waals surface area contributed by atoms with E-state index in [1.807, 2.05) is 0 Å². The molecule has 0 aliphatic carbocycles. The predicted octanol–water partition coefficient (Wildman–Crippen LogP) is 3.13. The van der Waals surface area contributed by atoms with E-state index in [-0.39, 0.29) is 10.7 Å². The van der Waals surface area contributed by atoms with Gasteiger partial charge < -0.3 is 5.32 Å². The second-order valence-corrected chi connectivity index (χ2v) is 6.28. The average molecular weight is 324 g/mol. The highest BCUT2D eigenvalue weighted by atomic mass is 35.5. The summed E-state index contributed by atoms with van der Waals surface area (Å²) in [7, 11) is -3.70. The van der Waals surface area contributed by atoms with Crippen molar-refractivity contribution in [3.8, 4) is 0 Å². The number of nitrogens with zero attached hydrogens (tertiary/aromatic N) is 1. The van der Waals surface area contributed by atoms with E-state index in [4.69, 9.17) is 11.6 Å². The van der Waals surface area contributed by atoms with Gasteiger partial charge in [0.1, 0.15) is 5.82 Å². The van der Waals surface area contributed by atoms with Crippen LogP contribution >= 0.6 is 11.6 Å². The number of aromatic nitrogens is 1. The molecule has 2 aromatic rings. The Balaban J connectivity index is 2.15. The molecule has 2 N–H and O–H groups in total. The quantitative estimate of drug-likeness (QED) is 0.801. The van der Waals surface area contributed by atoms with Crippen molar-refractivity contribution < 1.29 is 8.42 Å². The van der Waals surface area contributed by atoms with Crippen LogP contribution in [0, 0.1) is 0 Å². The molecule has 2 rings (SSSR count). The number of hydrogen-bond acceptors (Lipinski definition) is 4. The van der Waals surface area contributed by atoms with Crippen molar-refractivity contribution >= 4 is 33.1 Å². The van der Waals surface area contributed by atoms with Crippen LogP contribution in [0.1, 0.15) is 0 Å². The molecule has 0 fully saturated rings. The van der Waals surface area contributed by atoms with Gasteiger partial charge in [0, 0.05) is 11.6 Å². The van der Waals surface area contributed by atoms with Gasteiger partial charge in [-0.3, -0.25) is 4.72 Å². The molecule has 21 heavy (non-hydrogen) atoms. The van der Waals surface area contributed by atoms with Crippen molar-refractivity contribution in [1.29, 1.82) is 0 Å². The summed E-state index contributed by atoms with van der Waals surface area (Å²) >= 11 is 5.80. The van der Waals surface area contributed by atoms with Crippen LogP contribution in [0.15, 0.2) is 60.1 Å². The normalized spacial score (nSPS) is 10.9. The molecule has 0 saturated carbocycles. The Bertz CT molecular complexity index is 730. The van der Waals surface area contributed by atoms with Crippen LogP contribution in [0.3, 0.4) is 0 Å². The summed E-state index contributed by atoms with van der Waals surface area (Å²) in [6.07, 6.45) is 3.26. The molecule has 0 aliphatic heterocycles. The SMILES string of the molecule is C=CCNc1ccc(NS(=O)(=O)c2cccc(Cl)c2)nc1. The maximum absolute atomic E-state index is 12.2. The fourth-order valence-electron chi connectivity index (χ4n) is 1.58. The first-order chi connectivity index (χ1) is 10.0. The minimum atomic E-state index is -3.70. The highest BCUT2D eigenvalue weighted by molar-refractivity contribution is 7.92. The number of rotatable bonds is 6. The van der Waals surface area contributed by atoms with E-state index < -0.39 is 10.0 Å². The lowest BCUT2D eigenvalue weighted by atomic mass is 10.4. The van der Waals surface area contributed by atoms with E-state index in [2.05, 4.69) is 21.6 Å². The molecule has 0 amide bonds. The summed E-state index contributed by atoms with van der Waals surface area (Å²) in [5, 5.41) is 3.40. The molecule has 0 radical (unpaired) electrons. The van der Waals surface area contributed by atoms with Crippen LogP contribution < -0.4 is 10.0 Å². The van der Waals surface area contributed by atoms with E-state index in [0.29, 0.717) is 11.6 Å². The second kappa shape index (κ2) is 6.60. The highest BCUT2D eigenvalue weighted by Gasteiger charge is 2.14. The Morgan fingerprint density at radius 1 is 1.29 bits per heavy atom. The minimum absolute atomic E-state index is 0.0886. The number of halogens is 1. The van der Waals surface area contributed by atoms with Gasteiger partial charge in [-0.1, -0.05) is 23.7 Å². The molecular weight excluding hydrogens is 310 g/mol. The van der Waals surface area contributed by atoms with Crippen molar-refractivity contribution in [1.82, 2.24) is 4.98 Å². The fourth-order valence-corrected chi connectivity index (χ4v) is 2.89. The molecule has 110 valence electrons. The summed E-state index contributed by atoms with van der Waals surface area (Å²) in [5.74, 6) is 0.235. The van der Waals surface area contributed by atoms with Crippen LogP contribution in [0.25, 0.3) is 0 Å². The van der Waals surface area contributed by atoms with Crippen LogP contribution in [0.2, 0.25) is 5.02 Å². The van der Waals surface area contributed by atoms with E-state index in [1.54, 1.807) is 36.5 Å². The largest absolute Gasteiger partial charge is 0.380 e. The van der Waals surface area contributed by atoms with Crippen LogP contribution in [0.4, 0.5) is 11.5 Å². The molecule has 1 aromatic carbocycles. The molecule has 7 heteroatoms. The Labute approximate surface area is 128 Å². The average Bonchev–Trinajstić information content (AvgIpc) is 2.46. The van der Waals surface area contributed by atoms with Gasteiger partial charge in [0.05, 0.1) is 16.8 Å². The van der Waals surface area contributed by atoms with E-state index in [9.17, 15) is 8.42 Å². The topological polar surface area (TPSA) is 71.1 Å². The Kier molecular flexibility index (Phi) is 4.82. The number of sulfonamides is 1. The zero-order chi connectivity index (χ0) is 15.3. The highest BCUT2D eigenvalue weighted by Crippen LogP contribution is 2.18. The number of hydrogen-bond donors (Lipinski definition) is 2. The molecule has 1 heterocycles. The van der Waals surface area contributed by atoms with E-state index in [1.165, 1.54) is 12.1 Å². The first kappa shape index (κ1) is 15.3. The van der Waals surface area contributed by atoms with E-state index >= 15 is 0 Å². The summed E-state index contributed by atoms with van der Waals surface area (Å²) in [4.78, 5) is 4.13. The van der Waals surface area contributed by atoms with E-state index in [0.717, 1.165) is 5.69 Å². The van der Waals surface area contributed by atoms with Crippen molar-refractivity contribution in [2.75, 3.05) is 16.6 Å². The summed E-state index contributed by atoms with van der Waals surface area (Å²) in [5.41, 5.74) is 0.778. The number of anilines is 2. The zero-order valence-electron chi connectivity index (χ0n) is 11.1. The number of nitrogens with one attached hydrogen (secondary N) is 2. The van der Waals surface area contributed by atoms with Crippen molar-refractivity contribution in [3.05, 3.63) is 60.3 Å². The van der Waals surface area contributed by atoms with Gasteiger partial charge in [-0.2, -0.15) is 0 Å². The lowest BCUT2D eigenvalue weighted by Gasteiger charge is -2.08. The molecular formula is C14H14ClN3O2S. The summed E-state index contributed by atoms with van der Waals surface area (Å²) in [6.45, 7) is 4.20. The van der Waals surface area contributed by atoms with Gasteiger partial charge in [0.15, 0.2) is 0 Å². The fraction of sp³-hybridized carbons (Fsp3) is 0.0714. The Hall–Kier alpha value is -2.05. The number of benzene rings is 1. The third-order valence-electron chi connectivity index (χ3n) is 2.56. The van der Waals surface area contributed by atoms with Crippen LogP contribution in [0.5, 0.6) is 0 Å². The molecule has 0 saturated heterocycles. The third kappa shape index (κ3) is 4.21. The Morgan fingerprint density at radius 2 is 2.10 bits per heavy atom. The molecule has 0 atom stereocenters. The summed E-state index contributed by atoms with van der Waals surface area (Å²) < 4.78 is 26.7. The molecule has 0 unspecified atom stereocenters. The lowest BCUT2D eigenvalue weighted by Crippen LogP contribution is -2.14. The second-order valence-electron chi connectivity index (χ2n) is 4.16. The molecule has 5 nitrogen and oxygen atoms in total. The third-order valence-corrected chi connectivity index (χ3v) is 4.15. The number of pyridine rings is 1. The summed E-state index contributed by atoms with van der Waals surface area (Å²) in [6, 6.07) is 9.34. The van der Waals surface area contributed by atoms with Gasteiger partial charge in [0.2, 0.25) is 0 Å². The predicted molar refractivity (Wildman–Crippen MR) is 85.2 cm³/mol.